The maximum absolute atomic E-state index is 12.5. The molecule has 0 radical (unpaired) electrons. The summed E-state index contributed by atoms with van der Waals surface area (Å²) in [4.78, 5) is 30.6. The summed E-state index contributed by atoms with van der Waals surface area (Å²) >= 11 is 0. The molecule has 1 fully saturated rings. The van der Waals surface area contributed by atoms with Crippen LogP contribution >= 0.6 is 0 Å². The van der Waals surface area contributed by atoms with Gasteiger partial charge in [-0.25, -0.2) is 4.79 Å². The lowest BCUT2D eigenvalue weighted by Gasteiger charge is -2.36. The molecule has 0 atom stereocenters. The van der Waals surface area contributed by atoms with Crippen molar-refractivity contribution in [1.29, 1.82) is 0 Å². The third-order valence-electron chi connectivity index (χ3n) is 4.68. The Morgan fingerprint density at radius 3 is 2.26 bits per heavy atom. The second-order valence-electron chi connectivity index (χ2n) is 6.61. The van der Waals surface area contributed by atoms with E-state index in [4.69, 9.17) is 0 Å². The lowest BCUT2D eigenvalue weighted by Crippen LogP contribution is -2.50. The Balaban J connectivity index is 2.37. The van der Waals surface area contributed by atoms with Crippen LogP contribution in [0.1, 0.15) is 40.5 Å². The van der Waals surface area contributed by atoms with Crippen molar-refractivity contribution < 1.29 is 9.59 Å². The van der Waals surface area contributed by atoms with Crippen LogP contribution < -0.4 is 5.32 Å². The van der Waals surface area contributed by atoms with Crippen LogP contribution in [0.3, 0.4) is 0 Å². The van der Waals surface area contributed by atoms with E-state index < -0.39 is 0 Å². The highest BCUT2D eigenvalue weighted by Crippen LogP contribution is 2.19. The van der Waals surface area contributed by atoms with Gasteiger partial charge >= 0.3 is 6.03 Å². The number of carbonyl (C=O) groups is 2. The molecular weight excluding hydrogens is 292 g/mol. The van der Waals surface area contributed by atoms with Crippen molar-refractivity contribution in [3.63, 3.8) is 0 Å². The average Bonchev–Trinajstić information content (AvgIpc) is 2.54. The highest BCUT2D eigenvalue weighted by Gasteiger charge is 2.29. The molecule has 134 valence electrons. The molecule has 0 aromatic rings. The largest absolute Gasteiger partial charge is 0.355 e. The zero-order chi connectivity index (χ0) is 17.4. The van der Waals surface area contributed by atoms with Crippen LogP contribution in [0.2, 0.25) is 0 Å². The number of hydrogen-bond acceptors (Lipinski definition) is 3. The molecule has 1 heterocycles. The van der Waals surface area contributed by atoms with E-state index in [0.29, 0.717) is 19.6 Å². The van der Waals surface area contributed by atoms with Gasteiger partial charge in [0.2, 0.25) is 5.91 Å². The Labute approximate surface area is 141 Å². The Morgan fingerprint density at radius 2 is 1.78 bits per heavy atom. The van der Waals surface area contributed by atoms with E-state index in [1.54, 1.807) is 0 Å². The molecule has 6 nitrogen and oxygen atoms in total. The molecule has 0 aliphatic carbocycles. The first-order valence-corrected chi connectivity index (χ1v) is 8.92. The van der Waals surface area contributed by atoms with Crippen molar-refractivity contribution in [1.82, 2.24) is 20.0 Å². The monoisotopic (exact) mass is 326 g/mol. The number of nitrogens with zero attached hydrogens (tertiary/aromatic N) is 3. The number of nitrogens with one attached hydrogen (secondary N) is 1. The highest BCUT2D eigenvalue weighted by molar-refractivity contribution is 5.79. The molecule has 0 bridgehead atoms. The third-order valence-corrected chi connectivity index (χ3v) is 4.68. The maximum atomic E-state index is 12.5. The molecule has 23 heavy (non-hydrogen) atoms. The summed E-state index contributed by atoms with van der Waals surface area (Å²) < 4.78 is 0. The van der Waals surface area contributed by atoms with Gasteiger partial charge in [0, 0.05) is 44.7 Å². The number of rotatable bonds is 7. The van der Waals surface area contributed by atoms with Gasteiger partial charge in [0.15, 0.2) is 0 Å². The van der Waals surface area contributed by atoms with Gasteiger partial charge in [-0.2, -0.15) is 0 Å². The number of urea groups is 1. The molecule has 1 N–H and O–H groups in total. The average molecular weight is 326 g/mol. The van der Waals surface area contributed by atoms with Crippen molar-refractivity contribution in [2.24, 2.45) is 5.92 Å². The van der Waals surface area contributed by atoms with E-state index >= 15 is 0 Å². The number of piperidine rings is 1. The molecule has 3 amide bonds. The Bertz CT molecular complexity index is 379. The van der Waals surface area contributed by atoms with Crippen LogP contribution in [-0.2, 0) is 4.79 Å². The summed E-state index contributed by atoms with van der Waals surface area (Å²) in [5.74, 6) is 0.179. The Morgan fingerprint density at radius 1 is 1.17 bits per heavy atom. The highest BCUT2D eigenvalue weighted by atomic mass is 16.2. The van der Waals surface area contributed by atoms with E-state index in [0.717, 1.165) is 32.5 Å². The fourth-order valence-electron chi connectivity index (χ4n) is 2.91. The van der Waals surface area contributed by atoms with Crippen molar-refractivity contribution >= 4 is 11.9 Å². The van der Waals surface area contributed by atoms with Gasteiger partial charge in [-0.15, -0.1) is 0 Å². The number of hydrogen-bond donors (Lipinski definition) is 1. The summed E-state index contributed by atoms with van der Waals surface area (Å²) in [6.45, 7) is 12.8. The summed E-state index contributed by atoms with van der Waals surface area (Å²) in [6.07, 6.45) is 1.52. The minimum atomic E-state index is 0.0418. The minimum Gasteiger partial charge on any atom is -0.355 e. The molecule has 1 aliphatic heterocycles. The van der Waals surface area contributed by atoms with Crippen LogP contribution in [0.4, 0.5) is 4.79 Å². The first-order valence-electron chi connectivity index (χ1n) is 8.92. The summed E-state index contributed by atoms with van der Waals surface area (Å²) in [5.41, 5.74) is 0. The van der Waals surface area contributed by atoms with Gasteiger partial charge in [0.1, 0.15) is 0 Å². The SMILES string of the molecule is CCN(C)CCNC(=O)C1CCN(C(=O)N(CC)C(C)C)CC1. The smallest absolute Gasteiger partial charge is 0.320 e. The Hall–Kier alpha value is -1.30. The maximum Gasteiger partial charge on any atom is 0.320 e. The quantitative estimate of drug-likeness (QED) is 0.773. The molecule has 0 spiro atoms. The lowest BCUT2D eigenvalue weighted by molar-refractivity contribution is -0.126. The predicted molar refractivity (Wildman–Crippen MR) is 93.4 cm³/mol. The molecule has 1 aliphatic rings. The van der Waals surface area contributed by atoms with Gasteiger partial charge in [0.05, 0.1) is 0 Å². The van der Waals surface area contributed by atoms with Gasteiger partial charge < -0.3 is 20.0 Å². The van der Waals surface area contributed by atoms with Gasteiger partial charge in [-0.05, 0) is 47.2 Å². The normalized spacial score (nSPS) is 16.0. The lowest BCUT2D eigenvalue weighted by atomic mass is 9.96. The van der Waals surface area contributed by atoms with Crippen LogP contribution in [0.25, 0.3) is 0 Å². The van der Waals surface area contributed by atoms with Gasteiger partial charge in [-0.1, -0.05) is 6.92 Å². The molecule has 6 heteroatoms. The number of carbonyl (C=O) groups excluding carboxylic acids is 2. The van der Waals surface area contributed by atoms with Crippen molar-refractivity contribution in [3.8, 4) is 0 Å². The van der Waals surface area contributed by atoms with Crippen LogP contribution in [0.15, 0.2) is 0 Å². The van der Waals surface area contributed by atoms with Crippen molar-refractivity contribution in [2.45, 2.75) is 46.6 Å². The standard InChI is InChI=1S/C17H34N4O2/c1-6-19(5)13-10-18-16(22)15-8-11-20(12-9-15)17(23)21(7-2)14(3)4/h14-15H,6-13H2,1-5H3,(H,18,22). The van der Waals surface area contributed by atoms with E-state index in [9.17, 15) is 9.59 Å². The molecule has 0 saturated carbocycles. The van der Waals surface area contributed by atoms with E-state index in [1.165, 1.54) is 0 Å². The van der Waals surface area contributed by atoms with E-state index in [-0.39, 0.29) is 23.9 Å². The summed E-state index contributed by atoms with van der Waals surface area (Å²) in [7, 11) is 2.05. The number of likely N-dealkylation sites (N-methyl/N-ethyl adjacent to an activating group) is 1. The van der Waals surface area contributed by atoms with E-state index in [2.05, 4.69) is 17.1 Å². The summed E-state index contributed by atoms with van der Waals surface area (Å²) in [5, 5.41) is 3.02. The van der Waals surface area contributed by atoms with Gasteiger partial charge in [-0.3, -0.25) is 4.79 Å². The third kappa shape index (κ3) is 6.01. The molecule has 0 aromatic heterocycles. The fourth-order valence-corrected chi connectivity index (χ4v) is 2.91. The first kappa shape index (κ1) is 19.7. The van der Waals surface area contributed by atoms with E-state index in [1.807, 2.05) is 37.6 Å². The second kappa shape index (κ2) is 9.75. The fraction of sp³-hybridized carbons (Fsp3) is 0.882. The van der Waals surface area contributed by atoms with Crippen molar-refractivity contribution in [3.05, 3.63) is 0 Å². The van der Waals surface area contributed by atoms with Gasteiger partial charge in [0.25, 0.3) is 0 Å². The predicted octanol–water partition coefficient (Wildman–Crippen LogP) is 1.62. The molecule has 0 aromatic carbocycles. The molecular formula is C17H34N4O2. The molecule has 1 rings (SSSR count). The summed E-state index contributed by atoms with van der Waals surface area (Å²) in [6, 6.07) is 0.315. The zero-order valence-corrected chi connectivity index (χ0v) is 15.5. The second-order valence-corrected chi connectivity index (χ2v) is 6.61. The minimum absolute atomic E-state index is 0.0418. The van der Waals surface area contributed by atoms with Crippen molar-refractivity contribution in [2.75, 3.05) is 46.3 Å². The first-order chi connectivity index (χ1) is 10.9. The van der Waals surface area contributed by atoms with Crippen LogP contribution in [-0.4, -0.2) is 79.0 Å². The molecule has 0 unspecified atom stereocenters. The van der Waals surface area contributed by atoms with Crippen LogP contribution in [0.5, 0.6) is 0 Å². The number of likely N-dealkylation sites (tertiary alicyclic amines) is 1. The zero-order valence-electron chi connectivity index (χ0n) is 15.5. The number of amides is 3. The topological polar surface area (TPSA) is 55.9 Å². The van der Waals surface area contributed by atoms with Crippen LogP contribution in [0, 0.1) is 5.92 Å². The molecule has 1 saturated heterocycles. The Kier molecular flexibility index (Phi) is 8.37.